The molecule has 12 nitrogen and oxygen atoms in total. The van der Waals surface area contributed by atoms with Crippen LogP contribution in [0.2, 0.25) is 0 Å². The summed E-state index contributed by atoms with van der Waals surface area (Å²) in [6, 6.07) is 0. The van der Waals surface area contributed by atoms with Crippen molar-refractivity contribution in [3.63, 3.8) is 0 Å². The maximum absolute atomic E-state index is 13.1. The highest BCUT2D eigenvalue weighted by Crippen LogP contribution is 2.26. The molecule has 1 rings (SSSR count). The Hall–Kier alpha value is -4.88. The fraction of sp³-hybridized carbons (Fsp3) is 0.619. The summed E-state index contributed by atoms with van der Waals surface area (Å²) in [5, 5.41) is 31.4. The van der Waals surface area contributed by atoms with Crippen molar-refractivity contribution in [2.45, 2.75) is 237 Å². The van der Waals surface area contributed by atoms with Gasteiger partial charge in [0.25, 0.3) is 0 Å². The third-order valence-electron chi connectivity index (χ3n) is 12.0. The number of carboxylic acid groups (broad SMARTS) is 1. The van der Waals surface area contributed by atoms with E-state index in [9.17, 15) is 34.5 Å². The molecule has 1 aliphatic heterocycles. The molecule has 1 aliphatic rings. The van der Waals surface area contributed by atoms with Crippen molar-refractivity contribution in [3.8, 4) is 0 Å². The number of aliphatic carboxylic acids is 1. The van der Waals surface area contributed by atoms with Gasteiger partial charge in [-0.1, -0.05) is 194 Å². The zero-order valence-electron chi connectivity index (χ0n) is 46.2. The van der Waals surface area contributed by atoms with E-state index >= 15 is 0 Å². The van der Waals surface area contributed by atoms with Gasteiger partial charge in [0.05, 0.1) is 6.61 Å². The lowest BCUT2D eigenvalue weighted by Gasteiger charge is -2.40. The number of carbonyl (C=O) groups excluding carboxylic acids is 3. The minimum Gasteiger partial charge on any atom is -0.479 e. The number of aliphatic hydroxyl groups is 2. The van der Waals surface area contributed by atoms with Crippen LogP contribution in [0.1, 0.15) is 201 Å². The van der Waals surface area contributed by atoms with Gasteiger partial charge in [0.1, 0.15) is 18.8 Å². The van der Waals surface area contributed by atoms with Gasteiger partial charge in [-0.25, -0.2) is 4.79 Å². The Kier molecular flexibility index (Phi) is 45.4. The molecule has 0 amide bonds. The van der Waals surface area contributed by atoms with E-state index < -0.39 is 67.3 Å². The molecule has 0 saturated carbocycles. The van der Waals surface area contributed by atoms with E-state index in [1.54, 1.807) is 0 Å². The summed E-state index contributed by atoms with van der Waals surface area (Å²) in [7, 11) is 0. The molecule has 12 heteroatoms. The molecule has 0 bridgehead atoms. The number of ether oxygens (including phenoxy) is 5. The fourth-order valence-corrected chi connectivity index (χ4v) is 7.68. The molecule has 0 spiro atoms. The second-order valence-corrected chi connectivity index (χ2v) is 18.8. The fourth-order valence-electron chi connectivity index (χ4n) is 7.68. The maximum Gasteiger partial charge on any atom is 0.335 e. The van der Waals surface area contributed by atoms with E-state index in [1.807, 2.05) is 12.2 Å². The molecule has 0 radical (unpaired) electrons. The van der Waals surface area contributed by atoms with Gasteiger partial charge >= 0.3 is 23.9 Å². The molecule has 6 unspecified atom stereocenters. The second-order valence-electron chi connectivity index (χ2n) is 18.8. The highest BCUT2D eigenvalue weighted by atomic mass is 16.7. The van der Waals surface area contributed by atoms with E-state index in [-0.39, 0.29) is 25.9 Å². The van der Waals surface area contributed by atoms with Crippen LogP contribution in [0.5, 0.6) is 0 Å². The summed E-state index contributed by atoms with van der Waals surface area (Å²) in [4.78, 5) is 51.0. The van der Waals surface area contributed by atoms with Crippen LogP contribution in [0.3, 0.4) is 0 Å². The van der Waals surface area contributed by atoms with Crippen molar-refractivity contribution < 1.29 is 58.2 Å². The number of esters is 3. The summed E-state index contributed by atoms with van der Waals surface area (Å²) in [5.41, 5.74) is 0. The lowest BCUT2D eigenvalue weighted by Crippen LogP contribution is -2.61. The zero-order chi connectivity index (χ0) is 54.7. The molecule has 75 heavy (non-hydrogen) atoms. The predicted octanol–water partition coefficient (Wildman–Crippen LogP) is 14.4. The Balaban J connectivity index is 2.77. The van der Waals surface area contributed by atoms with Gasteiger partial charge in [-0.2, -0.15) is 0 Å². The molecule has 6 atom stereocenters. The lowest BCUT2D eigenvalue weighted by molar-refractivity contribution is -0.301. The first kappa shape index (κ1) is 68.1. The van der Waals surface area contributed by atoms with Crippen LogP contribution < -0.4 is 0 Å². The van der Waals surface area contributed by atoms with Crippen LogP contribution in [0, 0.1) is 0 Å². The second kappa shape index (κ2) is 50.0. The molecule has 0 aliphatic carbocycles. The molecule has 1 heterocycles. The molecule has 0 aromatic heterocycles. The van der Waals surface area contributed by atoms with E-state index in [2.05, 4.69) is 130 Å². The summed E-state index contributed by atoms with van der Waals surface area (Å²) < 4.78 is 28.3. The van der Waals surface area contributed by atoms with Gasteiger partial charge in [-0.05, 0) is 109 Å². The van der Waals surface area contributed by atoms with Crippen molar-refractivity contribution in [2.24, 2.45) is 0 Å². The molecule has 1 saturated heterocycles. The third kappa shape index (κ3) is 40.1. The molecule has 0 aromatic carbocycles. The Morgan fingerprint density at radius 2 is 0.867 bits per heavy atom. The Bertz CT molecular complexity index is 1770. The first-order chi connectivity index (χ1) is 36.6. The number of allylic oxidation sites excluding steroid dienone is 20. The number of carbonyl (C=O) groups is 4. The van der Waals surface area contributed by atoms with Crippen LogP contribution in [0.15, 0.2) is 122 Å². The smallest absolute Gasteiger partial charge is 0.335 e. The topological polar surface area (TPSA) is 175 Å². The van der Waals surface area contributed by atoms with Crippen molar-refractivity contribution >= 4 is 23.9 Å². The van der Waals surface area contributed by atoms with Crippen molar-refractivity contribution in [2.75, 3.05) is 13.2 Å². The minimum absolute atomic E-state index is 0.0343. The standard InChI is InChI=1S/C63H98O12/c1-4-7-10-13-16-19-22-24-26-27-28-29-31-32-35-37-40-43-46-49-55(64)71-52-54(73-56(65)50-47-44-41-39-36-33-30-25-23-20-17-14-11-8-5-2)53-72-63-61(59(68)58(67)60(75-63)62(69)70)74-57(66)51-48-45-42-38-34-21-18-15-12-9-6-3/h7-8,10-11,15-20,24-26,28-30,32,35,40,43,54,58-61,63,67-68H,4-6,9,12-14,21-23,27,31,33-34,36-39,41-42,44-53H2,1-3H3,(H,69,70)/b10-7-,11-8-,18-15-,19-16-,20-17-,26-24-,29-28-,30-25-,35-32-,43-40-. The predicted molar refractivity (Wildman–Crippen MR) is 303 cm³/mol. The molecule has 0 aromatic rings. The summed E-state index contributed by atoms with van der Waals surface area (Å²) in [6.45, 7) is 5.61. The van der Waals surface area contributed by atoms with Crippen LogP contribution in [0.25, 0.3) is 0 Å². The number of hydrogen-bond acceptors (Lipinski definition) is 11. The number of rotatable bonds is 46. The number of hydrogen-bond donors (Lipinski definition) is 3. The molecule has 1 fully saturated rings. The Morgan fingerprint density at radius 3 is 1.35 bits per heavy atom. The van der Waals surface area contributed by atoms with E-state index in [4.69, 9.17) is 23.7 Å². The van der Waals surface area contributed by atoms with Gasteiger partial charge in [-0.15, -0.1) is 0 Å². The van der Waals surface area contributed by atoms with Crippen LogP contribution in [-0.4, -0.2) is 89.2 Å². The average molecular weight is 1050 g/mol. The highest BCUT2D eigenvalue weighted by Gasteiger charge is 2.50. The molecule has 3 N–H and O–H groups in total. The van der Waals surface area contributed by atoms with Crippen LogP contribution in [-0.2, 0) is 42.9 Å². The number of aliphatic hydroxyl groups excluding tert-OH is 2. The zero-order valence-corrected chi connectivity index (χ0v) is 46.2. The molecule has 422 valence electrons. The Labute approximate surface area is 452 Å². The minimum atomic E-state index is -1.92. The van der Waals surface area contributed by atoms with Gasteiger partial charge in [0.15, 0.2) is 24.6 Å². The van der Waals surface area contributed by atoms with Gasteiger partial charge in [0.2, 0.25) is 0 Å². The average Bonchev–Trinajstić information content (AvgIpc) is 3.39. The van der Waals surface area contributed by atoms with E-state index in [0.29, 0.717) is 19.3 Å². The largest absolute Gasteiger partial charge is 0.479 e. The van der Waals surface area contributed by atoms with Crippen molar-refractivity contribution in [1.82, 2.24) is 0 Å². The maximum atomic E-state index is 13.1. The number of carboxylic acids is 1. The van der Waals surface area contributed by atoms with E-state index in [0.717, 1.165) is 128 Å². The van der Waals surface area contributed by atoms with Crippen molar-refractivity contribution in [1.29, 1.82) is 0 Å². The highest BCUT2D eigenvalue weighted by molar-refractivity contribution is 5.74. The van der Waals surface area contributed by atoms with Gasteiger partial charge in [-0.3, -0.25) is 14.4 Å². The summed E-state index contributed by atoms with van der Waals surface area (Å²) in [6.07, 6.45) is 56.2. The van der Waals surface area contributed by atoms with Gasteiger partial charge < -0.3 is 39.0 Å². The lowest BCUT2D eigenvalue weighted by atomic mass is 9.98. The Morgan fingerprint density at radius 1 is 0.453 bits per heavy atom. The SMILES string of the molecule is CC/C=C\C/C=C\C/C=C\C/C=C\C/C=C\C/C=C\CCC(=O)OCC(COC1OC(C(=O)O)C(O)C(O)C1OC(=O)CCCCCCC/C=C\CCCC)OC(=O)CCCCCCC/C=C\C/C=C\C/C=C\CC. The van der Waals surface area contributed by atoms with Crippen molar-refractivity contribution in [3.05, 3.63) is 122 Å². The third-order valence-corrected chi connectivity index (χ3v) is 12.0. The van der Waals surface area contributed by atoms with Gasteiger partial charge in [0, 0.05) is 19.3 Å². The first-order valence-electron chi connectivity index (χ1n) is 28.5. The van der Waals surface area contributed by atoms with Crippen LogP contribution >= 0.6 is 0 Å². The number of unbranched alkanes of at least 4 members (excludes halogenated alkanes) is 12. The molecular formula is C63H98O12. The monoisotopic (exact) mass is 1050 g/mol. The normalized spacial score (nSPS) is 19.1. The first-order valence-corrected chi connectivity index (χ1v) is 28.5. The van der Waals surface area contributed by atoms with E-state index in [1.165, 1.54) is 12.8 Å². The molecular weight excluding hydrogens is 949 g/mol. The van der Waals surface area contributed by atoms with Crippen LogP contribution in [0.4, 0.5) is 0 Å². The summed E-state index contributed by atoms with van der Waals surface area (Å²) in [5.74, 6) is -3.29. The quantitative estimate of drug-likeness (QED) is 0.0228. The summed E-state index contributed by atoms with van der Waals surface area (Å²) >= 11 is 0.